The Morgan fingerprint density at radius 3 is 1.93 bits per heavy atom. The number of benzene rings is 1. The molecule has 1 aromatic carbocycles. The van der Waals surface area contributed by atoms with Gasteiger partial charge in [-0.15, -0.1) is 0 Å². The normalized spacial score (nSPS) is 11.0. The SMILES string of the molecule is Cc1cc([B-](F)(F)F)c(F)cc1F.[K+]. The molecule has 0 amide bonds. The minimum Gasteiger partial charge on any atom is -0.445 e. The number of aryl methyl sites for hydroxylation is 1. The van der Waals surface area contributed by atoms with Gasteiger partial charge in [-0.1, -0.05) is 11.5 Å². The minimum atomic E-state index is -5.40. The summed E-state index contributed by atoms with van der Waals surface area (Å²) in [5.41, 5.74) is -1.59. The molecule has 0 nitrogen and oxygen atoms in total. The van der Waals surface area contributed by atoms with Gasteiger partial charge in [0.25, 0.3) is 0 Å². The van der Waals surface area contributed by atoms with Gasteiger partial charge in [0.2, 0.25) is 0 Å². The summed E-state index contributed by atoms with van der Waals surface area (Å²) in [6.07, 6.45) is 0. The van der Waals surface area contributed by atoms with Crippen molar-refractivity contribution in [3.8, 4) is 0 Å². The Bertz CT molecular complexity index is 336. The molecule has 0 atom stereocenters. The second kappa shape index (κ2) is 5.07. The van der Waals surface area contributed by atoms with Gasteiger partial charge < -0.3 is 12.9 Å². The molecule has 0 radical (unpaired) electrons. The van der Waals surface area contributed by atoms with Crippen LogP contribution < -0.4 is 56.8 Å². The molecule has 0 fully saturated rings. The number of hydrogen-bond acceptors (Lipinski definition) is 0. The van der Waals surface area contributed by atoms with Crippen molar-refractivity contribution in [1.29, 1.82) is 0 Å². The van der Waals surface area contributed by atoms with Crippen molar-refractivity contribution in [1.82, 2.24) is 0 Å². The monoisotopic (exact) mass is 234 g/mol. The van der Waals surface area contributed by atoms with E-state index in [-0.39, 0.29) is 63.0 Å². The largest absolute Gasteiger partial charge is 1.00 e. The number of rotatable bonds is 1. The van der Waals surface area contributed by atoms with Gasteiger partial charge in [0, 0.05) is 6.07 Å². The Labute approximate surface area is 120 Å². The van der Waals surface area contributed by atoms with Crippen LogP contribution in [0.25, 0.3) is 0 Å². The van der Waals surface area contributed by atoms with Gasteiger partial charge in [-0.3, -0.25) is 0 Å². The first-order valence-corrected chi connectivity index (χ1v) is 3.48. The standard InChI is InChI=1S/C7H5BF5.K/c1-4-2-5(8(11,12)13)7(10)3-6(4)9;/h2-3H,1H3;/q-1;+1. The first-order valence-electron chi connectivity index (χ1n) is 3.48. The van der Waals surface area contributed by atoms with E-state index in [9.17, 15) is 21.7 Å². The van der Waals surface area contributed by atoms with Crippen LogP contribution in [0.3, 0.4) is 0 Å². The topological polar surface area (TPSA) is 0 Å². The molecule has 0 aliphatic carbocycles. The van der Waals surface area contributed by atoms with Gasteiger partial charge >= 0.3 is 58.4 Å². The van der Waals surface area contributed by atoms with Crippen LogP contribution in [0.15, 0.2) is 12.1 Å². The molecule has 0 spiro atoms. The summed E-state index contributed by atoms with van der Waals surface area (Å²) in [5.74, 6) is -2.53. The Morgan fingerprint density at radius 2 is 1.50 bits per heavy atom. The third-order valence-electron chi connectivity index (χ3n) is 1.63. The van der Waals surface area contributed by atoms with Crippen LogP contribution in [0.1, 0.15) is 5.56 Å². The third-order valence-corrected chi connectivity index (χ3v) is 1.63. The predicted molar refractivity (Wildman–Crippen MR) is 39.8 cm³/mol. The maximum absolute atomic E-state index is 12.6. The molecule has 0 N–H and O–H groups in total. The van der Waals surface area contributed by atoms with Crippen LogP contribution in [-0.4, -0.2) is 6.98 Å². The maximum atomic E-state index is 12.6. The van der Waals surface area contributed by atoms with Gasteiger partial charge in [-0.2, -0.15) is 0 Å². The van der Waals surface area contributed by atoms with E-state index in [0.29, 0.717) is 6.07 Å². The van der Waals surface area contributed by atoms with E-state index in [4.69, 9.17) is 0 Å². The van der Waals surface area contributed by atoms with Crippen LogP contribution in [-0.2, 0) is 0 Å². The summed E-state index contributed by atoms with van der Waals surface area (Å²) < 4.78 is 61.3. The zero-order valence-electron chi connectivity index (χ0n) is 7.62. The fraction of sp³-hybridized carbons (Fsp3) is 0.143. The molecule has 1 aromatic rings. The smallest absolute Gasteiger partial charge is 0.445 e. The van der Waals surface area contributed by atoms with Crippen molar-refractivity contribution in [3.05, 3.63) is 29.3 Å². The van der Waals surface area contributed by atoms with Crippen molar-refractivity contribution in [3.63, 3.8) is 0 Å². The van der Waals surface area contributed by atoms with Gasteiger partial charge in [0.05, 0.1) is 5.82 Å². The molecular weight excluding hydrogens is 229 g/mol. The second-order valence-electron chi connectivity index (χ2n) is 2.70. The fourth-order valence-electron chi connectivity index (χ4n) is 0.930. The van der Waals surface area contributed by atoms with Gasteiger partial charge in [0.15, 0.2) is 0 Å². The van der Waals surface area contributed by atoms with Crippen molar-refractivity contribution < 1.29 is 73.1 Å². The fourth-order valence-corrected chi connectivity index (χ4v) is 0.930. The molecule has 72 valence electrons. The van der Waals surface area contributed by atoms with Gasteiger partial charge in [-0.25, -0.2) is 8.78 Å². The van der Waals surface area contributed by atoms with E-state index < -0.39 is 24.1 Å². The Hall–Kier alpha value is 0.571. The van der Waals surface area contributed by atoms with Gasteiger partial charge in [0.1, 0.15) is 5.82 Å². The molecule has 0 heterocycles. The van der Waals surface area contributed by atoms with Crippen LogP contribution in [0.4, 0.5) is 21.7 Å². The zero-order chi connectivity index (χ0) is 10.2. The van der Waals surface area contributed by atoms with Crippen molar-refractivity contribution in [2.24, 2.45) is 0 Å². The quantitative estimate of drug-likeness (QED) is 0.446. The van der Waals surface area contributed by atoms with E-state index in [1.807, 2.05) is 0 Å². The zero-order valence-corrected chi connectivity index (χ0v) is 10.7. The Balaban J connectivity index is 0.00000169. The average molecular weight is 234 g/mol. The first-order chi connectivity index (χ1) is 5.82. The molecule has 0 saturated heterocycles. The molecule has 0 aliphatic heterocycles. The van der Waals surface area contributed by atoms with E-state index in [2.05, 4.69) is 0 Å². The molecular formula is C7H5BF5K. The van der Waals surface area contributed by atoms with Gasteiger partial charge in [-0.05, 0) is 12.5 Å². The molecule has 0 aromatic heterocycles. The van der Waals surface area contributed by atoms with Crippen molar-refractivity contribution in [2.75, 3.05) is 0 Å². The van der Waals surface area contributed by atoms with E-state index in [1.54, 1.807) is 0 Å². The molecule has 0 saturated carbocycles. The van der Waals surface area contributed by atoms with Crippen LogP contribution in [0, 0.1) is 18.6 Å². The maximum Gasteiger partial charge on any atom is 1.00 e. The van der Waals surface area contributed by atoms with E-state index in [0.717, 1.165) is 6.92 Å². The summed E-state index contributed by atoms with van der Waals surface area (Å²) in [5, 5.41) is 0. The summed E-state index contributed by atoms with van der Waals surface area (Å²) in [7, 11) is 0. The van der Waals surface area contributed by atoms with E-state index in [1.165, 1.54) is 0 Å². The van der Waals surface area contributed by atoms with Crippen LogP contribution >= 0.6 is 0 Å². The summed E-state index contributed by atoms with van der Waals surface area (Å²) in [4.78, 5) is 0. The summed E-state index contributed by atoms with van der Waals surface area (Å²) in [6.45, 7) is -4.25. The summed E-state index contributed by atoms with van der Waals surface area (Å²) >= 11 is 0. The molecule has 7 heteroatoms. The Morgan fingerprint density at radius 1 is 1.00 bits per heavy atom. The third kappa shape index (κ3) is 3.30. The number of halogens is 5. The average Bonchev–Trinajstić information content (AvgIpc) is 1.94. The van der Waals surface area contributed by atoms with Crippen LogP contribution in [0.2, 0.25) is 0 Å². The Kier molecular flexibility index (Phi) is 5.28. The first kappa shape index (κ1) is 14.6. The van der Waals surface area contributed by atoms with E-state index >= 15 is 0 Å². The van der Waals surface area contributed by atoms with Crippen molar-refractivity contribution in [2.45, 2.75) is 6.92 Å². The molecule has 0 aliphatic rings. The molecule has 0 bridgehead atoms. The predicted octanol–water partition coefficient (Wildman–Crippen LogP) is -0.668. The summed E-state index contributed by atoms with van der Waals surface area (Å²) in [6, 6.07) is 0.727. The molecule has 0 unspecified atom stereocenters. The number of hydrogen-bond donors (Lipinski definition) is 0. The van der Waals surface area contributed by atoms with Crippen molar-refractivity contribution >= 4 is 12.4 Å². The molecule has 1 rings (SSSR count). The van der Waals surface area contributed by atoms with Crippen LogP contribution in [0.5, 0.6) is 0 Å². The minimum absolute atomic E-state index is 0. The second-order valence-corrected chi connectivity index (χ2v) is 2.70. The molecule has 14 heavy (non-hydrogen) atoms.